The first-order valence-corrected chi connectivity index (χ1v) is 4.35. The van der Waals surface area contributed by atoms with E-state index in [1.165, 1.54) is 0 Å². The second-order valence-corrected chi connectivity index (χ2v) is 2.70. The Labute approximate surface area is 58.9 Å². The van der Waals surface area contributed by atoms with Crippen LogP contribution >= 0.6 is 0 Å². The van der Waals surface area contributed by atoms with Crippen molar-refractivity contribution in [3.05, 3.63) is 0 Å². The van der Waals surface area contributed by atoms with E-state index >= 15 is 0 Å². The van der Waals surface area contributed by atoms with Gasteiger partial charge in [0.25, 0.3) is 0 Å². The summed E-state index contributed by atoms with van der Waals surface area (Å²) < 4.78 is 15.9. The van der Waals surface area contributed by atoms with Gasteiger partial charge in [0.1, 0.15) is 0 Å². The van der Waals surface area contributed by atoms with Crippen LogP contribution in [0, 0.1) is 0 Å². The largest absolute Gasteiger partial charge is 0.225 e. The van der Waals surface area contributed by atoms with Gasteiger partial charge in [0.05, 0.1) is 0 Å². The predicted molar refractivity (Wildman–Crippen MR) is 40.1 cm³/mol. The lowest BCUT2D eigenvalue weighted by atomic mass is 10.4. The third kappa shape index (κ3) is 3.61. The van der Waals surface area contributed by atoms with E-state index in [9.17, 15) is 4.21 Å². The minimum atomic E-state index is -0.953. The standard InChI is InChI=1S/C3H8N2OS.C2H6/c1-3-2-4-7(6)5-3;1-2/h3-5H,2H2,1H3;1-2H3. The van der Waals surface area contributed by atoms with Gasteiger partial charge in [0, 0.05) is 12.6 Å². The zero-order chi connectivity index (χ0) is 7.28. The predicted octanol–water partition coefficient (Wildman–Crippen LogP) is 0.173. The number of hydrogen-bond acceptors (Lipinski definition) is 1. The Morgan fingerprint density at radius 3 is 2.22 bits per heavy atom. The van der Waals surface area contributed by atoms with Crippen LogP contribution in [-0.4, -0.2) is 16.8 Å². The first-order valence-electron chi connectivity index (χ1n) is 3.20. The summed E-state index contributed by atoms with van der Waals surface area (Å²) in [4.78, 5) is 0. The van der Waals surface area contributed by atoms with E-state index in [2.05, 4.69) is 9.44 Å². The zero-order valence-corrected chi connectivity index (χ0v) is 6.92. The zero-order valence-electron chi connectivity index (χ0n) is 6.10. The van der Waals surface area contributed by atoms with Gasteiger partial charge in [-0.1, -0.05) is 13.8 Å². The van der Waals surface area contributed by atoms with E-state index in [-0.39, 0.29) is 0 Å². The van der Waals surface area contributed by atoms with Gasteiger partial charge in [-0.05, 0) is 6.92 Å². The summed E-state index contributed by atoms with van der Waals surface area (Å²) in [6.45, 7) is 6.80. The molecular weight excluding hydrogens is 136 g/mol. The molecule has 0 radical (unpaired) electrons. The van der Waals surface area contributed by atoms with E-state index in [0.29, 0.717) is 6.04 Å². The van der Waals surface area contributed by atoms with Crippen LogP contribution in [0.25, 0.3) is 0 Å². The van der Waals surface area contributed by atoms with Crippen LogP contribution in [-0.2, 0) is 11.2 Å². The number of rotatable bonds is 0. The van der Waals surface area contributed by atoms with E-state index in [1.54, 1.807) is 0 Å². The van der Waals surface area contributed by atoms with Crippen molar-refractivity contribution in [2.75, 3.05) is 6.54 Å². The summed E-state index contributed by atoms with van der Waals surface area (Å²) in [7, 11) is 0. The molecule has 1 aliphatic rings. The minimum absolute atomic E-state index is 0.362. The second kappa shape index (κ2) is 4.90. The van der Waals surface area contributed by atoms with Crippen LogP contribution in [0.5, 0.6) is 0 Å². The summed E-state index contributed by atoms with van der Waals surface area (Å²) >= 11 is -0.953. The van der Waals surface area contributed by atoms with Crippen molar-refractivity contribution >= 4 is 11.2 Å². The Morgan fingerprint density at radius 2 is 2.11 bits per heavy atom. The highest BCUT2D eigenvalue weighted by Gasteiger charge is 2.12. The monoisotopic (exact) mass is 150 g/mol. The maximum absolute atomic E-state index is 10.3. The van der Waals surface area contributed by atoms with Crippen LogP contribution in [0.3, 0.4) is 0 Å². The van der Waals surface area contributed by atoms with Crippen LogP contribution in [0.4, 0.5) is 0 Å². The average molecular weight is 150 g/mol. The van der Waals surface area contributed by atoms with Gasteiger partial charge in [-0.15, -0.1) is 0 Å². The molecule has 1 saturated heterocycles. The molecule has 3 nitrogen and oxygen atoms in total. The van der Waals surface area contributed by atoms with Gasteiger partial charge in [-0.3, -0.25) is 0 Å². The second-order valence-electron chi connectivity index (χ2n) is 1.64. The lowest BCUT2D eigenvalue weighted by Crippen LogP contribution is -2.19. The Hall–Kier alpha value is 0.0700. The fourth-order valence-electron chi connectivity index (χ4n) is 0.467. The van der Waals surface area contributed by atoms with Crippen molar-refractivity contribution in [2.24, 2.45) is 0 Å². The van der Waals surface area contributed by atoms with Crippen LogP contribution < -0.4 is 9.44 Å². The molecular formula is C5H14N2OS. The van der Waals surface area contributed by atoms with E-state index in [1.807, 2.05) is 20.8 Å². The first-order chi connectivity index (χ1) is 4.29. The Bertz CT molecular complexity index is 97.0. The lowest BCUT2D eigenvalue weighted by molar-refractivity contribution is 0.673. The molecule has 0 bridgehead atoms. The summed E-state index contributed by atoms with van der Waals surface area (Å²) in [5.41, 5.74) is 0. The van der Waals surface area contributed by atoms with Crippen LogP contribution in [0.15, 0.2) is 0 Å². The third-order valence-electron chi connectivity index (χ3n) is 0.829. The molecule has 2 atom stereocenters. The van der Waals surface area contributed by atoms with E-state index in [0.717, 1.165) is 6.54 Å². The Balaban J connectivity index is 0.000000291. The Morgan fingerprint density at radius 1 is 1.56 bits per heavy atom. The molecule has 9 heavy (non-hydrogen) atoms. The lowest BCUT2D eigenvalue weighted by Gasteiger charge is -1.91. The van der Waals surface area contributed by atoms with Crippen molar-refractivity contribution in [2.45, 2.75) is 26.8 Å². The van der Waals surface area contributed by atoms with Crippen molar-refractivity contribution in [3.63, 3.8) is 0 Å². The highest BCUT2D eigenvalue weighted by Crippen LogP contribution is 1.87. The highest BCUT2D eigenvalue weighted by molar-refractivity contribution is 7.81. The molecule has 4 heteroatoms. The molecule has 2 N–H and O–H groups in total. The molecule has 0 aromatic heterocycles. The fraction of sp³-hybridized carbons (Fsp3) is 1.00. The molecule has 56 valence electrons. The van der Waals surface area contributed by atoms with Crippen molar-refractivity contribution in [1.29, 1.82) is 0 Å². The molecule has 1 rings (SSSR count). The molecule has 1 fully saturated rings. The molecule has 1 aliphatic heterocycles. The number of nitrogens with one attached hydrogen (secondary N) is 2. The van der Waals surface area contributed by atoms with E-state index in [4.69, 9.17) is 0 Å². The smallest absolute Gasteiger partial charge is 0.167 e. The molecule has 0 aromatic rings. The van der Waals surface area contributed by atoms with Crippen molar-refractivity contribution < 1.29 is 4.21 Å². The molecule has 1 heterocycles. The van der Waals surface area contributed by atoms with Crippen molar-refractivity contribution in [3.8, 4) is 0 Å². The molecule has 0 aromatic carbocycles. The molecule has 0 amide bonds. The topological polar surface area (TPSA) is 41.1 Å². The third-order valence-corrected chi connectivity index (χ3v) is 1.87. The first kappa shape index (κ1) is 9.07. The molecule has 0 aliphatic carbocycles. The van der Waals surface area contributed by atoms with E-state index < -0.39 is 11.2 Å². The maximum atomic E-state index is 10.3. The average Bonchev–Trinajstić information content (AvgIpc) is 2.20. The van der Waals surface area contributed by atoms with Crippen molar-refractivity contribution in [1.82, 2.24) is 9.44 Å². The van der Waals surface area contributed by atoms with Gasteiger partial charge in [-0.2, -0.15) is 0 Å². The summed E-state index contributed by atoms with van der Waals surface area (Å²) in [6.07, 6.45) is 0. The molecule has 0 spiro atoms. The van der Waals surface area contributed by atoms with Gasteiger partial charge >= 0.3 is 0 Å². The minimum Gasteiger partial charge on any atom is -0.225 e. The Kier molecular flexibility index (Phi) is 4.94. The quantitative estimate of drug-likeness (QED) is 0.508. The van der Waals surface area contributed by atoms with Gasteiger partial charge in [0.2, 0.25) is 0 Å². The van der Waals surface area contributed by atoms with Crippen LogP contribution in [0.2, 0.25) is 0 Å². The fourth-order valence-corrected chi connectivity index (χ4v) is 1.40. The van der Waals surface area contributed by atoms with Crippen LogP contribution in [0.1, 0.15) is 20.8 Å². The number of hydrogen-bond donors (Lipinski definition) is 2. The summed E-state index contributed by atoms with van der Waals surface area (Å²) in [5, 5.41) is 0. The van der Waals surface area contributed by atoms with Gasteiger partial charge in [0.15, 0.2) is 11.2 Å². The normalized spacial score (nSPS) is 33.2. The summed E-state index contributed by atoms with van der Waals surface area (Å²) in [6, 6.07) is 0.362. The van der Waals surface area contributed by atoms with Gasteiger partial charge in [-0.25, -0.2) is 13.7 Å². The molecule has 2 unspecified atom stereocenters. The summed E-state index contributed by atoms with van der Waals surface area (Å²) in [5.74, 6) is 0. The maximum Gasteiger partial charge on any atom is 0.167 e. The van der Waals surface area contributed by atoms with Gasteiger partial charge < -0.3 is 0 Å². The highest BCUT2D eigenvalue weighted by atomic mass is 32.2. The molecule has 0 saturated carbocycles. The SMILES string of the molecule is CC.CC1CNS(=O)N1.